The third kappa shape index (κ3) is 4.04. The molecule has 1 aliphatic heterocycles. The number of aliphatic hydroxyl groups is 1. The minimum absolute atomic E-state index is 0.0191. The Morgan fingerprint density at radius 3 is 3.00 bits per heavy atom. The molecule has 4 rings (SSSR count). The summed E-state index contributed by atoms with van der Waals surface area (Å²) in [5.41, 5.74) is 3.40. The van der Waals surface area contributed by atoms with Crippen LogP contribution in [-0.2, 0) is 17.8 Å². The molecular weight excluding hydrogens is 380 g/mol. The lowest BCUT2D eigenvalue weighted by Gasteiger charge is -2.13. The maximum atomic E-state index is 12.4. The number of amides is 1. The standard InChI is InChI=1S/C19H22N4O2S2/c24-10-9-20-8-6-16(25)23-19-17(12-5-7-21-11-15(12)27-19)18-22-13-3-1-2-4-14(13)26-18/h1-4,20-21,24H,5-11H2,(H,23,25). The van der Waals surface area contributed by atoms with E-state index in [1.165, 1.54) is 10.4 Å². The van der Waals surface area contributed by atoms with Crippen molar-refractivity contribution in [3.63, 3.8) is 0 Å². The first kappa shape index (κ1) is 18.5. The molecule has 0 fully saturated rings. The van der Waals surface area contributed by atoms with Crippen molar-refractivity contribution < 1.29 is 9.90 Å². The van der Waals surface area contributed by atoms with E-state index in [0.717, 1.165) is 45.3 Å². The fraction of sp³-hybridized carbons (Fsp3) is 0.368. The van der Waals surface area contributed by atoms with Crippen LogP contribution in [0.1, 0.15) is 16.9 Å². The van der Waals surface area contributed by atoms with Gasteiger partial charge in [0.15, 0.2) is 0 Å². The largest absolute Gasteiger partial charge is 0.395 e. The molecule has 0 radical (unpaired) electrons. The van der Waals surface area contributed by atoms with Crippen LogP contribution in [0.15, 0.2) is 24.3 Å². The predicted molar refractivity (Wildman–Crippen MR) is 112 cm³/mol. The highest BCUT2D eigenvalue weighted by Gasteiger charge is 2.24. The molecule has 0 spiro atoms. The molecule has 6 nitrogen and oxygen atoms in total. The Bertz CT molecular complexity index is 917. The number of anilines is 1. The molecule has 1 aliphatic rings. The summed E-state index contributed by atoms with van der Waals surface area (Å²) in [4.78, 5) is 18.5. The number of hydrogen-bond donors (Lipinski definition) is 4. The second kappa shape index (κ2) is 8.45. The first-order valence-electron chi connectivity index (χ1n) is 9.09. The van der Waals surface area contributed by atoms with Crippen LogP contribution in [0.2, 0.25) is 0 Å². The second-order valence-electron chi connectivity index (χ2n) is 6.39. The smallest absolute Gasteiger partial charge is 0.226 e. The van der Waals surface area contributed by atoms with Crippen LogP contribution < -0.4 is 16.0 Å². The normalized spacial score (nSPS) is 13.7. The van der Waals surface area contributed by atoms with Crippen LogP contribution in [0, 0.1) is 0 Å². The Morgan fingerprint density at radius 1 is 1.26 bits per heavy atom. The van der Waals surface area contributed by atoms with Gasteiger partial charge in [0.05, 0.1) is 16.8 Å². The average molecular weight is 403 g/mol. The number of para-hydroxylation sites is 1. The Labute approximate surface area is 165 Å². The Hall–Kier alpha value is -1.84. The van der Waals surface area contributed by atoms with Gasteiger partial charge >= 0.3 is 0 Å². The summed E-state index contributed by atoms with van der Waals surface area (Å²) in [5.74, 6) is -0.0191. The van der Waals surface area contributed by atoms with Crippen molar-refractivity contribution in [2.24, 2.45) is 0 Å². The van der Waals surface area contributed by atoms with Crippen molar-refractivity contribution in [1.29, 1.82) is 0 Å². The number of thiophene rings is 1. The number of carbonyl (C=O) groups excluding carboxylic acids is 1. The molecule has 8 heteroatoms. The van der Waals surface area contributed by atoms with E-state index < -0.39 is 0 Å². The zero-order chi connectivity index (χ0) is 18.6. The number of nitrogens with one attached hydrogen (secondary N) is 3. The van der Waals surface area contributed by atoms with Crippen LogP contribution in [0.5, 0.6) is 0 Å². The molecule has 0 unspecified atom stereocenters. The predicted octanol–water partition coefficient (Wildman–Crippen LogP) is 2.58. The summed E-state index contributed by atoms with van der Waals surface area (Å²) >= 11 is 3.33. The van der Waals surface area contributed by atoms with Crippen molar-refractivity contribution in [1.82, 2.24) is 15.6 Å². The molecular formula is C19H22N4O2S2. The van der Waals surface area contributed by atoms with Crippen LogP contribution in [-0.4, -0.2) is 42.2 Å². The van der Waals surface area contributed by atoms with E-state index in [1.807, 2.05) is 18.2 Å². The number of carbonyl (C=O) groups is 1. The van der Waals surface area contributed by atoms with Gasteiger partial charge < -0.3 is 21.1 Å². The zero-order valence-electron chi connectivity index (χ0n) is 14.9. The first-order chi connectivity index (χ1) is 13.3. The Balaban J connectivity index is 1.63. The number of aromatic nitrogens is 1. The third-order valence-corrected chi connectivity index (χ3v) is 6.71. The maximum absolute atomic E-state index is 12.4. The fourth-order valence-electron chi connectivity index (χ4n) is 3.22. The monoisotopic (exact) mass is 402 g/mol. The van der Waals surface area contributed by atoms with Gasteiger partial charge in [-0.25, -0.2) is 4.98 Å². The van der Waals surface area contributed by atoms with E-state index in [2.05, 4.69) is 22.0 Å². The summed E-state index contributed by atoms with van der Waals surface area (Å²) in [6, 6.07) is 8.14. The minimum Gasteiger partial charge on any atom is -0.395 e. The summed E-state index contributed by atoms with van der Waals surface area (Å²) < 4.78 is 1.16. The molecule has 0 saturated carbocycles. The average Bonchev–Trinajstić information content (AvgIpc) is 3.25. The molecule has 0 bridgehead atoms. The molecule has 0 saturated heterocycles. The van der Waals surface area contributed by atoms with Gasteiger partial charge in [0, 0.05) is 36.5 Å². The molecule has 1 amide bonds. The van der Waals surface area contributed by atoms with Crippen molar-refractivity contribution in [2.75, 3.05) is 31.6 Å². The molecule has 0 atom stereocenters. The van der Waals surface area contributed by atoms with Crippen molar-refractivity contribution in [3.05, 3.63) is 34.7 Å². The summed E-state index contributed by atoms with van der Waals surface area (Å²) in [6.07, 6.45) is 1.32. The highest BCUT2D eigenvalue weighted by atomic mass is 32.1. The van der Waals surface area contributed by atoms with Gasteiger partial charge in [-0.05, 0) is 30.7 Å². The number of aliphatic hydroxyl groups excluding tert-OH is 1. The number of fused-ring (bicyclic) bond motifs is 2. The number of hydrogen-bond acceptors (Lipinski definition) is 7. The molecule has 0 aliphatic carbocycles. The van der Waals surface area contributed by atoms with Crippen molar-refractivity contribution >= 4 is 43.8 Å². The Morgan fingerprint density at radius 2 is 2.15 bits per heavy atom. The SMILES string of the molecule is O=C(CCNCCO)Nc1sc2c(c1-c1nc3ccccc3s1)CCNC2. The van der Waals surface area contributed by atoms with E-state index >= 15 is 0 Å². The molecule has 4 N–H and O–H groups in total. The molecule has 142 valence electrons. The van der Waals surface area contributed by atoms with E-state index in [9.17, 15) is 4.79 Å². The number of nitrogens with zero attached hydrogens (tertiary/aromatic N) is 1. The number of rotatable bonds is 7. The van der Waals surface area contributed by atoms with Gasteiger partial charge in [-0.1, -0.05) is 12.1 Å². The highest BCUT2D eigenvalue weighted by Crippen LogP contribution is 2.44. The molecule has 27 heavy (non-hydrogen) atoms. The maximum Gasteiger partial charge on any atom is 0.226 e. The summed E-state index contributed by atoms with van der Waals surface area (Å²) in [5, 5.41) is 20.2. The van der Waals surface area contributed by atoms with Crippen molar-refractivity contribution in [2.45, 2.75) is 19.4 Å². The van der Waals surface area contributed by atoms with Crippen LogP contribution in [0.25, 0.3) is 20.8 Å². The first-order valence-corrected chi connectivity index (χ1v) is 10.7. The summed E-state index contributed by atoms with van der Waals surface area (Å²) in [6.45, 7) is 2.92. The van der Waals surface area contributed by atoms with Gasteiger partial charge in [-0.2, -0.15) is 0 Å². The van der Waals surface area contributed by atoms with Gasteiger partial charge in [-0.15, -0.1) is 22.7 Å². The quantitative estimate of drug-likeness (QED) is 0.457. The van der Waals surface area contributed by atoms with Crippen LogP contribution in [0.4, 0.5) is 5.00 Å². The lowest BCUT2D eigenvalue weighted by Crippen LogP contribution is -2.24. The molecule has 3 aromatic rings. The lowest BCUT2D eigenvalue weighted by molar-refractivity contribution is -0.116. The minimum atomic E-state index is -0.0191. The number of thiazole rings is 1. The van der Waals surface area contributed by atoms with Gasteiger partial charge in [0.25, 0.3) is 0 Å². The third-order valence-electron chi connectivity index (χ3n) is 4.51. The van der Waals surface area contributed by atoms with Gasteiger partial charge in [0.1, 0.15) is 10.0 Å². The fourth-order valence-corrected chi connectivity index (χ4v) is 5.57. The number of benzene rings is 1. The van der Waals surface area contributed by atoms with E-state index in [4.69, 9.17) is 10.1 Å². The zero-order valence-corrected chi connectivity index (χ0v) is 16.5. The molecule has 3 heterocycles. The van der Waals surface area contributed by atoms with E-state index in [1.54, 1.807) is 22.7 Å². The lowest BCUT2D eigenvalue weighted by atomic mass is 10.0. The van der Waals surface area contributed by atoms with Gasteiger partial charge in [-0.3, -0.25) is 4.79 Å². The second-order valence-corrected chi connectivity index (χ2v) is 8.53. The van der Waals surface area contributed by atoms with Crippen LogP contribution in [0.3, 0.4) is 0 Å². The topological polar surface area (TPSA) is 86.3 Å². The van der Waals surface area contributed by atoms with E-state index in [-0.39, 0.29) is 12.5 Å². The van der Waals surface area contributed by atoms with Gasteiger partial charge in [0.2, 0.25) is 5.91 Å². The molecule has 1 aromatic carbocycles. The highest BCUT2D eigenvalue weighted by molar-refractivity contribution is 7.22. The molecule has 2 aromatic heterocycles. The van der Waals surface area contributed by atoms with Crippen LogP contribution >= 0.6 is 22.7 Å². The van der Waals surface area contributed by atoms with E-state index in [0.29, 0.717) is 19.5 Å². The van der Waals surface area contributed by atoms with Crippen molar-refractivity contribution in [3.8, 4) is 10.6 Å². The summed E-state index contributed by atoms with van der Waals surface area (Å²) in [7, 11) is 0. The Kier molecular flexibility index (Phi) is 5.80.